The van der Waals surface area contributed by atoms with E-state index < -0.39 is 5.60 Å². The third-order valence-corrected chi connectivity index (χ3v) is 4.01. The lowest BCUT2D eigenvalue weighted by atomic mass is 10.2. The van der Waals surface area contributed by atoms with Crippen LogP contribution in [-0.4, -0.2) is 72.9 Å². The van der Waals surface area contributed by atoms with Crippen molar-refractivity contribution in [3.8, 4) is 6.07 Å². The first-order valence-electron chi connectivity index (χ1n) is 8.62. The molecule has 0 unspecified atom stereocenters. The number of anilines is 1. The van der Waals surface area contributed by atoms with Crippen LogP contribution in [0.4, 0.5) is 10.6 Å². The van der Waals surface area contributed by atoms with E-state index in [1.165, 1.54) is 20.2 Å². The summed E-state index contributed by atoms with van der Waals surface area (Å²) >= 11 is 0. The van der Waals surface area contributed by atoms with Gasteiger partial charge in [-0.15, -0.1) is 0 Å². The molecule has 27 heavy (non-hydrogen) atoms. The highest BCUT2D eigenvalue weighted by molar-refractivity contribution is 5.98. The second-order valence-electron chi connectivity index (χ2n) is 7.12. The number of aromatic nitrogens is 1. The molecule has 0 radical (unpaired) electrons. The minimum Gasteiger partial charge on any atom is -0.444 e. The summed E-state index contributed by atoms with van der Waals surface area (Å²) in [7, 11) is 2.90. The molecule has 2 heterocycles. The molecule has 2 rings (SSSR count). The van der Waals surface area contributed by atoms with E-state index in [2.05, 4.69) is 4.98 Å². The van der Waals surface area contributed by atoms with Gasteiger partial charge in [0.05, 0.1) is 12.7 Å². The van der Waals surface area contributed by atoms with Gasteiger partial charge in [0.1, 0.15) is 23.2 Å². The van der Waals surface area contributed by atoms with Crippen LogP contribution in [-0.2, 0) is 9.57 Å². The Kier molecular flexibility index (Phi) is 6.23. The molecule has 0 atom stereocenters. The summed E-state index contributed by atoms with van der Waals surface area (Å²) < 4.78 is 5.40. The second kappa shape index (κ2) is 8.22. The third kappa shape index (κ3) is 5.08. The average Bonchev–Trinajstić information content (AvgIpc) is 2.65. The van der Waals surface area contributed by atoms with E-state index in [0.717, 1.165) is 5.06 Å². The lowest BCUT2D eigenvalue weighted by Crippen LogP contribution is -2.50. The van der Waals surface area contributed by atoms with Crippen LogP contribution < -0.4 is 4.90 Å². The third-order valence-electron chi connectivity index (χ3n) is 4.01. The fraction of sp³-hybridized carbons (Fsp3) is 0.556. The molecule has 9 nitrogen and oxygen atoms in total. The van der Waals surface area contributed by atoms with Crippen LogP contribution in [0.15, 0.2) is 12.1 Å². The Hall–Kier alpha value is -2.86. The molecule has 0 N–H and O–H groups in total. The number of carbonyl (C=O) groups excluding carboxylic acids is 2. The van der Waals surface area contributed by atoms with Crippen LogP contribution in [0.25, 0.3) is 0 Å². The predicted molar refractivity (Wildman–Crippen MR) is 98.1 cm³/mol. The van der Waals surface area contributed by atoms with E-state index in [4.69, 9.17) is 14.8 Å². The van der Waals surface area contributed by atoms with Crippen molar-refractivity contribution in [2.45, 2.75) is 26.4 Å². The molecule has 9 heteroatoms. The number of hydrogen-bond acceptors (Lipinski definition) is 7. The van der Waals surface area contributed by atoms with E-state index in [1.807, 2.05) is 31.7 Å². The van der Waals surface area contributed by atoms with Crippen LogP contribution in [0.3, 0.4) is 0 Å². The van der Waals surface area contributed by atoms with Crippen molar-refractivity contribution in [2.75, 3.05) is 45.2 Å². The van der Waals surface area contributed by atoms with Gasteiger partial charge in [0.2, 0.25) is 0 Å². The summed E-state index contributed by atoms with van der Waals surface area (Å²) in [5.41, 5.74) is 0.00146. The summed E-state index contributed by atoms with van der Waals surface area (Å²) in [6.45, 7) is 7.27. The lowest BCUT2D eigenvalue weighted by molar-refractivity contribution is -0.0756. The van der Waals surface area contributed by atoms with Gasteiger partial charge in [-0.05, 0) is 32.9 Å². The maximum atomic E-state index is 12.5. The summed E-state index contributed by atoms with van der Waals surface area (Å²) in [4.78, 5) is 37.5. The largest absolute Gasteiger partial charge is 0.444 e. The molecule has 0 aliphatic carbocycles. The molecule has 2 amide bonds. The van der Waals surface area contributed by atoms with Crippen molar-refractivity contribution >= 4 is 17.8 Å². The van der Waals surface area contributed by atoms with E-state index >= 15 is 0 Å². The highest BCUT2D eigenvalue weighted by atomic mass is 16.7. The molecule has 1 fully saturated rings. The molecule has 1 aromatic heterocycles. The molecular weight excluding hydrogens is 350 g/mol. The van der Waals surface area contributed by atoms with Gasteiger partial charge in [-0.1, -0.05) is 0 Å². The normalized spacial score (nSPS) is 14.5. The number of pyridine rings is 1. The van der Waals surface area contributed by atoms with Crippen molar-refractivity contribution < 1.29 is 19.2 Å². The minimum absolute atomic E-state index is 0.219. The first-order chi connectivity index (χ1) is 12.7. The topological polar surface area (TPSA) is 99.0 Å². The lowest BCUT2D eigenvalue weighted by Gasteiger charge is -2.36. The van der Waals surface area contributed by atoms with E-state index in [1.54, 1.807) is 11.0 Å². The van der Waals surface area contributed by atoms with Gasteiger partial charge in [-0.3, -0.25) is 9.63 Å². The van der Waals surface area contributed by atoms with Gasteiger partial charge < -0.3 is 14.5 Å². The molecule has 1 saturated heterocycles. The first kappa shape index (κ1) is 20.5. The van der Waals surface area contributed by atoms with E-state index in [0.29, 0.717) is 37.6 Å². The monoisotopic (exact) mass is 375 g/mol. The summed E-state index contributed by atoms with van der Waals surface area (Å²) in [5.74, 6) is 0.0471. The average molecular weight is 375 g/mol. The molecule has 1 aromatic rings. The first-order valence-corrected chi connectivity index (χ1v) is 8.62. The number of nitriles is 1. The SMILES string of the molecule is CON(C)C(=O)c1ccc(C#N)nc1N1CCN(C(=O)OC(C)(C)C)CC1. The van der Waals surface area contributed by atoms with Crippen LogP contribution in [0, 0.1) is 11.3 Å². The fourth-order valence-electron chi connectivity index (χ4n) is 2.60. The Bertz CT molecular complexity index is 745. The van der Waals surface area contributed by atoms with Crippen molar-refractivity contribution in [3.63, 3.8) is 0 Å². The zero-order valence-electron chi connectivity index (χ0n) is 16.4. The standard InChI is InChI=1S/C18H25N5O4/c1-18(2,3)27-17(25)23-10-8-22(9-11-23)15-14(16(24)21(4)26-5)7-6-13(12-19)20-15/h6-7H,8-11H2,1-5H3. The molecule has 0 spiro atoms. The van der Waals surface area contributed by atoms with Gasteiger partial charge >= 0.3 is 6.09 Å². The minimum atomic E-state index is -0.554. The summed E-state index contributed by atoms with van der Waals surface area (Å²) in [6, 6.07) is 5.06. The Labute approximate surface area is 159 Å². The number of amides is 2. The molecule has 0 saturated carbocycles. The van der Waals surface area contributed by atoms with E-state index in [-0.39, 0.29) is 17.7 Å². The number of nitrogens with zero attached hydrogens (tertiary/aromatic N) is 5. The van der Waals surface area contributed by atoms with Crippen molar-refractivity contribution in [1.29, 1.82) is 5.26 Å². The molecule has 0 aromatic carbocycles. The molecule has 1 aliphatic rings. The van der Waals surface area contributed by atoms with E-state index in [9.17, 15) is 9.59 Å². The molecule has 0 bridgehead atoms. The highest BCUT2D eigenvalue weighted by Crippen LogP contribution is 2.22. The Morgan fingerprint density at radius 1 is 1.22 bits per heavy atom. The quantitative estimate of drug-likeness (QED) is 0.741. The van der Waals surface area contributed by atoms with Crippen LogP contribution >= 0.6 is 0 Å². The molecular formula is C18H25N5O4. The highest BCUT2D eigenvalue weighted by Gasteiger charge is 2.29. The van der Waals surface area contributed by atoms with Crippen molar-refractivity contribution in [2.24, 2.45) is 0 Å². The number of hydrogen-bond donors (Lipinski definition) is 0. The van der Waals surface area contributed by atoms with Gasteiger partial charge in [0.25, 0.3) is 5.91 Å². The van der Waals surface area contributed by atoms with Gasteiger partial charge in [-0.2, -0.15) is 5.26 Å². The molecule has 146 valence electrons. The number of hydroxylamine groups is 2. The second-order valence-corrected chi connectivity index (χ2v) is 7.12. The maximum Gasteiger partial charge on any atom is 0.410 e. The van der Waals surface area contributed by atoms with Gasteiger partial charge in [0, 0.05) is 33.2 Å². The smallest absolute Gasteiger partial charge is 0.410 e. The summed E-state index contributed by atoms with van der Waals surface area (Å²) in [6.07, 6.45) is -0.365. The zero-order chi connectivity index (χ0) is 20.2. The number of ether oxygens (including phenoxy) is 1. The number of rotatable bonds is 3. The Morgan fingerprint density at radius 2 is 1.85 bits per heavy atom. The van der Waals surface area contributed by atoms with Crippen LogP contribution in [0.5, 0.6) is 0 Å². The van der Waals surface area contributed by atoms with Crippen LogP contribution in [0.1, 0.15) is 36.8 Å². The Balaban J connectivity index is 2.18. The molecule has 1 aliphatic heterocycles. The summed E-state index contributed by atoms with van der Waals surface area (Å²) in [5, 5.41) is 10.2. The van der Waals surface area contributed by atoms with Crippen molar-refractivity contribution in [1.82, 2.24) is 14.9 Å². The van der Waals surface area contributed by atoms with Crippen LogP contribution in [0.2, 0.25) is 0 Å². The number of piperazine rings is 1. The fourth-order valence-corrected chi connectivity index (χ4v) is 2.60. The van der Waals surface area contributed by atoms with Gasteiger partial charge in [-0.25, -0.2) is 14.8 Å². The number of carbonyl (C=O) groups is 2. The van der Waals surface area contributed by atoms with Gasteiger partial charge in [0.15, 0.2) is 0 Å². The zero-order valence-corrected chi connectivity index (χ0v) is 16.4. The Morgan fingerprint density at radius 3 is 2.37 bits per heavy atom. The van der Waals surface area contributed by atoms with Crippen molar-refractivity contribution in [3.05, 3.63) is 23.4 Å². The predicted octanol–water partition coefficient (Wildman–Crippen LogP) is 1.64. The maximum absolute atomic E-state index is 12.5.